The quantitative estimate of drug-likeness (QED) is 0.582. The molecule has 0 N–H and O–H groups in total. The van der Waals surface area contributed by atoms with Gasteiger partial charge in [0.05, 0.1) is 0 Å². The highest BCUT2D eigenvalue weighted by atomic mass is 79.9. The molecule has 1 nitrogen and oxygen atoms in total. The van der Waals surface area contributed by atoms with Gasteiger partial charge in [-0.2, -0.15) is 0 Å². The Kier molecular flexibility index (Phi) is 5.02. The number of rotatable bonds is 5. The molecular weight excluding hydrogens is 334 g/mol. The first-order valence-corrected chi connectivity index (χ1v) is 8.31. The summed E-state index contributed by atoms with van der Waals surface area (Å²) in [7, 11) is 0. The fraction of sp³-hybridized carbons (Fsp3) is 0.150. The molecule has 3 rings (SSSR count). The second kappa shape index (κ2) is 7.37. The molecule has 0 aliphatic heterocycles. The van der Waals surface area contributed by atoms with Gasteiger partial charge in [0.15, 0.2) is 0 Å². The molecule has 1 heterocycles. The lowest BCUT2D eigenvalue weighted by molar-refractivity contribution is 0.714. The summed E-state index contributed by atoms with van der Waals surface area (Å²) in [6, 6.07) is 23.6. The van der Waals surface area contributed by atoms with Crippen LogP contribution in [0.4, 0.5) is 0 Å². The summed E-state index contributed by atoms with van der Waals surface area (Å²) in [5.74, 6) is 0.419. The number of nitrogens with zero attached hydrogens (tertiary/aromatic N) is 1. The van der Waals surface area contributed by atoms with Crippen molar-refractivity contribution in [1.29, 1.82) is 0 Å². The van der Waals surface area contributed by atoms with E-state index in [2.05, 4.69) is 87.6 Å². The molecule has 1 atom stereocenters. The number of benzene rings is 2. The second-order valence-corrected chi connectivity index (χ2v) is 6.32. The summed E-state index contributed by atoms with van der Waals surface area (Å²) in [6.07, 6.45) is 5.88. The van der Waals surface area contributed by atoms with Gasteiger partial charge >= 0.3 is 0 Å². The van der Waals surface area contributed by atoms with Crippen LogP contribution in [0.5, 0.6) is 0 Å². The zero-order valence-corrected chi connectivity index (χ0v) is 13.9. The predicted molar refractivity (Wildman–Crippen MR) is 95.0 cm³/mol. The van der Waals surface area contributed by atoms with Gasteiger partial charge in [-0.1, -0.05) is 58.4 Å². The van der Waals surface area contributed by atoms with E-state index in [4.69, 9.17) is 0 Å². The van der Waals surface area contributed by atoms with Gasteiger partial charge in [0.1, 0.15) is 0 Å². The Morgan fingerprint density at radius 2 is 1.41 bits per heavy atom. The van der Waals surface area contributed by atoms with Gasteiger partial charge in [-0.3, -0.25) is 4.98 Å². The van der Waals surface area contributed by atoms with Crippen LogP contribution in [0.15, 0.2) is 83.6 Å². The van der Waals surface area contributed by atoms with E-state index in [-0.39, 0.29) is 0 Å². The van der Waals surface area contributed by atoms with Crippen molar-refractivity contribution >= 4 is 15.9 Å². The van der Waals surface area contributed by atoms with Crippen LogP contribution in [0.2, 0.25) is 0 Å². The Hall–Kier alpha value is -1.93. The maximum absolute atomic E-state index is 4.09. The fourth-order valence-corrected chi connectivity index (χ4v) is 3.03. The van der Waals surface area contributed by atoms with Crippen LogP contribution in [-0.2, 0) is 6.42 Å². The van der Waals surface area contributed by atoms with Crippen LogP contribution >= 0.6 is 15.9 Å². The molecule has 0 aliphatic rings. The molecule has 0 aliphatic carbocycles. The number of hydrogen-bond acceptors (Lipinski definition) is 1. The van der Waals surface area contributed by atoms with Crippen molar-refractivity contribution in [1.82, 2.24) is 4.98 Å². The highest BCUT2D eigenvalue weighted by Crippen LogP contribution is 2.30. The third-order valence-corrected chi connectivity index (χ3v) is 4.47. The van der Waals surface area contributed by atoms with Gasteiger partial charge in [-0.05, 0) is 53.8 Å². The number of hydrogen-bond donors (Lipinski definition) is 0. The zero-order chi connectivity index (χ0) is 15.2. The lowest BCUT2D eigenvalue weighted by Crippen LogP contribution is -2.03. The zero-order valence-electron chi connectivity index (χ0n) is 12.3. The summed E-state index contributed by atoms with van der Waals surface area (Å²) in [4.78, 5) is 4.09. The molecule has 2 heteroatoms. The molecule has 110 valence electrons. The highest BCUT2D eigenvalue weighted by molar-refractivity contribution is 9.10. The van der Waals surface area contributed by atoms with Crippen molar-refractivity contribution < 1.29 is 0 Å². The van der Waals surface area contributed by atoms with E-state index >= 15 is 0 Å². The molecule has 0 amide bonds. The number of pyridine rings is 1. The third-order valence-electron chi connectivity index (χ3n) is 3.95. The molecule has 0 fully saturated rings. The first-order valence-electron chi connectivity index (χ1n) is 7.52. The summed E-state index contributed by atoms with van der Waals surface area (Å²) >= 11 is 3.52. The monoisotopic (exact) mass is 351 g/mol. The maximum atomic E-state index is 4.09. The number of aromatic nitrogens is 1. The summed E-state index contributed by atoms with van der Waals surface area (Å²) < 4.78 is 1.12. The van der Waals surface area contributed by atoms with Crippen molar-refractivity contribution in [2.24, 2.45) is 0 Å². The van der Waals surface area contributed by atoms with Gasteiger partial charge in [-0.15, -0.1) is 0 Å². The lowest BCUT2D eigenvalue weighted by Gasteiger charge is -2.18. The van der Waals surface area contributed by atoms with E-state index in [1.807, 2.05) is 12.4 Å². The molecule has 22 heavy (non-hydrogen) atoms. The van der Waals surface area contributed by atoms with E-state index < -0.39 is 0 Å². The van der Waals surface area contributed by atoms with Crippen LogP contribution in [0.3, 0.4) is 0 Å². The largest absolute Gasteiger partial charge is 0.265 e. The molecule has 2 aromatic carbocycles. The van der Waals surface area contributed by atoms with Crippen molar-refractivity contribution in [3.8, 4) is 0 Å². The number of aryl methyl sites for hydroxylation is 1. The Morgan fingerprint density at radius 3 is 2.09 bits per heavy atom. The van der Waals surface area contributed by atoms with Crippen molar-refractivity contribution in [3.63, 3.8) is 0 Å². The van der Waals surface area contributed by atoms with Crippen molar-refractivity contribution in [2.45, 2.75) is 18.8 Å². The van der Waals surface area contributed by atoms with E-state index in [1.165, 1.54) is 16.7 Å². The van der Waals surface area contributed by atoms with E-state index in [1.54, 1.807) is 0 Å². The molecule has 0 saturated carbocycles. The average molecular weight is 352 g/mol. The maximum Gasteiger partial charge on any atom is 0.0270 e. The van der Waals surface area contributed by atoms with E-state index in [0.717, 1.165) is 17.3 Å². The van der Waals surface area contributed by atoms with Gasteiger partial charge in [0.2, 0.25) is 0 Å². The van der Waals surface area contributed by atoms with Gasteiger partial charge in [0.25, 0.3) is 0 Å². The molecule has 0 spiro atoms. The minimum Gasteiger partial charge on any atom is -0.265 e. The van der Waals surface area contributed by atoms with Crippen LogP contribution in [0, 0.1) is 0 Å². The first kappa shape index (κ1) is 15.0. The average Bonchev–Trinajstić information content (AvgIpc) is 2.58. The van der Waals surface area contributed by atoms with Crippen LogP contribution < -0.4 is 0 Å². The summed E-state index contributed by atoms with van der Waals surface area (Å²) in [6.45, 7) is 0. The molecule has 3 aromatic rings. The minimum absolute atomic E-state index is 0.419. The summed E-state index contributed by atoms with van der Waals surface area (Å²) in [5.41, 5.74) is 4.08. The molecular formula is C20H18BrN. The fourth-order valence-electron chi connectivity index (χ4n) is 2.77. The molecule has 0 bridgehead atoms. The topological polar surface area (TPSA) is 12.9 Å². The van der Waals surface area contributed by atoms with Crippen LogP contribution in [0.25, 0.3) is 0 Å². The third kappa shape index (κ3) is 3.83. The Balaban J connectivity index is 1.85. The molecule has 1 unspecified atom stereocenters. The Morgan fingerprint density at radius 1 is 0.773 bits per heavy atom. The minimum atomic E-state index is 0.419. The van der Waals surface area contributed by atoms with Crippen LogP contribution in [0.1, 0.15) is 29.0 Å². The molecule has 0 saturated heterocycles. The van der Waals surface area contributed by atoms with Crippen molar-refractivity contribution in [3.05, 3.63) is 100 Å². The lowest BCUT2D eigenvalue weighted by atomic mass is 9.86. The highest BCUT2D eigenvalue weighted by Gasteiger charge is 2.14. The van der Waals surface area contributed by atoms with Crippen molar-refractivity contribution in [2.75, 3.05) is 0 Å². The molecule has 1 aromatic heterocycles. The smallest absolute Gasteiger partial charge is 0.0270 e. The Bertz CT molecular complexity index is 693. The van der Waals surface area contributed by atoms with Gasteiger partial charge in [-0.25, -0.2) is 0 Å². The molecule has 0 radical (unpaired) electrons. The Labute approximate surface area is 140 Å². The summed E-state index contributed by atoms with van der Waals surface area (Å²) in [5, 5.41) is 0. The van der Waals surface area contributed by atoms with E-state index in [9.17, 15) is 0 Å². The first-order chi connectivity index (χ1) is 10.8. The normalized spacial score (nSPS) is 12.0. The SMILES string of the molecule is Brc1ccc(C(CCc2ccncc2)c2ccccc2)cc1. The number of halogens is 1. The van der Waals surface area contributed by atoms with Crippen LogP contribution in [-0.4, -0.2) is 4.98 Å². The van der Waals surface area contributed by atoms with E-state index in [0.29, 0.717) is 5.92 Å². The van der Waals surface area contributed by atoms with Gasteiger partial charge < -0.3 is 0 Å². The predicted octanol–water partition coefficient (Wildman–Crippen LogP) is 5.61. The second-order valence-electron chi connectivity index (χ2n) is 5.41. The standard InChI is InChI=1S/C20H18BrN/c21-19-9-7-18(8-10-19)20(17-4-2-1-3-5-17)11-6-16-12-14-22-15-13-16/h1-5,7-10,12-15,20H,6,11H2. The van der Waals surface area contributed by atoms with Gasteiger partial charge in [0, 0.05) is 22.8 Å².